The lowest BCUT2D eigenvalue weighted by Gasteiger charge is -2.10. The van der Waals surface area contributed by atoms with Crippen molar-refractivity contribution in [3.63, 3.8) is 0 Å². The number of thiocarbonyl (C=S) groups is 1. The number of hydrogen-bond acceptors (Lipinski definition) is 2. The first-order valence-electron chi connectivity index (χ1n) is 5.64. The Morgan fingerprint density at radius 3 is 2.55 bits per heavy atom. The average Bonchev–Trinajstić information content (AvgIpc) is 2.38. The highest BCUT2D eigenvalue weighted by atomic mass is 35.5. The Kier molecular flexibility index (Phi) is 4.32. The molecule has 1 amide bonds. The number of para-hydroxylation sites is 1. The third kappa shape index (κ3) is 3.12. The van der Waals surface area contributed by atoms with E-state index in [2.05, 4.69) is 5.32 Å². The van der Waals surface area contributed by atoms with E-state index in [9.17, 15) is 9.18 Å². The molecule has 2 rings (SSSR count). The summed E-state index contributed by atoms with van der Waals surface area (Å²) in [7, 11) is 0. The maximum atomic E-state index is 13.7. The number of rotatable bonds is 3. The maximum Gasteiger partial charge on any atom is 0.258 e. The van der Waals surface area contributed by atoms with E-state index in [0.29, 0.717) is 11.3 Å². The summed E-state index contributed by atoms with van der Waals surface area (Å²) >= 11 is 10.5. The SMILES string of the molecule is NC(=S)c1ccccc1NC(=O)c1ccc(Cl)cc1F. The number of carbonyl (C=O) groups excluding carboxylic acids is 1. The Morgan fingerprint density at radius 2 is 1.90 bits per heavy atom. The highest BCUT2D eigenvalue weighted by Crippen LogP contribution is 2.19. The van der Waals surface area contributed by atoms with Gasteiger partial charge in [0, 0.05) is 10.6 Å². The van der Waals surface area contributed by atoms with Crippen LogP contribution in [0.25, 0.3) is 0 Å². The molecule has 0 aliphatic carbocycles. The molecule has 0 spiro atoms. The number of benzene rings is 2. The smallest absolute Gasteiger partial charge is 0.258 e. The Labute approximate surface area is 125 Å². The molecule has 0 saturated carbocycles. The van der Waals surface area contributed by atoms with Gasteiger partial charge in [0.25, 0.3) is 5.91 Å². The van der Waals surface area contributed by atoms with Crippen LogP contribution < -0.4 is 11.1 Å². The largest absolute Gasteiger partial charge is 0.389 e. The van der Waals surface area contributed by atoms with Crippen molar-refractivity contribution >= 4 is 40.4 Å². The molecule has 0 aliphatic heterocycles. The van der Waals surface area contributed by atoms with Crippen LogP contribution >= 0.6 is 23.8 Å². The molecule has 102 valence electrons. The Balaban J connectivity index is 2.30. The lowest BCUT2D eigenvalue weighted by Crippen LogP contribution is -2.18. The summed E-state index contributed by atoms with van der Waals surface area (Å²) in [5.41, 5.74) is 6.41. The molecule has 3 nitrogen and oxygen atoms in total. The van der Waals surface area contributed by atoms with E-state index in [1.165, 1.54) is 12.1 Å². The summed E-state index contributed by atoms with van der Waals surface area (Å²) in [5.74, 6) is -1.29. The van der Waals surface area contributed by atoms with Crippen molar-refractivity contribution in [2.24, 2.45) is 5.73 Å². The van der Waals surface area contributed by atoms with Gasteiger partial charge in [0.15, 0.2) is 0 Å². The first kappa shape index (κ1) is 14.4. The van der Waals surface area contributed by atoms with Crippen molar-refractivity contribution in [1.82, 2.24) is 0 Å². The molecule has 0 unspecified atom stereocenters. The van der Waals surface area contributed by atoms with Crippen LogP contribution in [0, 0.1) is 5.82 Å². The van der Waals surface area contributed by atoms with Gasteiger partial charge in [-0.25, -0.2) is 4.39 Å². The second-order valence-corrected chi connectivity index (χ2v) is 4.86. The van der Waals surface area contributed by atoms with Crippen LogP contribution in [0.4, 0.5) is 10.1 Å². The van der Waals surface area contributed by atoms with Gasteiger partial charge in [-0.1, -0.05) is 36.0 Å². The molecule has 0 fully saturated rings. The number of amides is 1. The number of anilines is 1. The maximum absolute atomic E-state index is 13.7. The fraction of sp³-hybridized carbons (Fsp3) is 0. The topological polar surface area (TPSA) is 55.1 Å². The molecule has 0 bridgehead atoms. The van der Waals surface area contributed by atoms with Gasteiger partial charge < -0.3 is 11.1 Å². The fourth-order valence-electron chi connectivity index (χ4n) is 1.67. The zero-order chi connectivity index (χ0) is 14.7. The second-order valence-electron chi connectivity index (χ2n) is 3.99. The van der Waals surface area contributed by atoms with Crippen molar-refractivity contribution in [2.75, 3.05) is 5.32 Å². The van der Waals surface area contributed by atoms with Crippen LogP contribution in [0.1, 0.15) is 15.9 Å². The Morgan fingerprint density at radius 1 is 1.20 bits per heavy atom. The van der Waals surface area contributed by atoms with Gasteiger partial charge in [-0.05, 0) is 30.3 Å². The molecule has 0 atom stereocenters. The third-order valence-electron chi connectivity index (χ3n) is 2.62. The van der Waals surface area contributed by atoms with E-state index in [1.54, 1.807) is 24.3 Å². The van der Waals surface area contributed by atoms with Gasteiger partial charge in [0.2, 0.25) is 0 Å². The van der Waals surface area contributed by atoms with E-state index in [1.807, 2.05) is 0 Å². The summed E-state index contributed by atoms with van der Waals surface area (Å²) in [6.07, 6.45) is 0. The minimum absolute atomic E-state index is 0.104. The summed E-state index contributed by atoms with van der Waals surface area (Å²) in [4.78, 5) is 12.2. The number of halogens is 2. The summed E-state index contributed by atoms with van der Waals surface area (Å²) < 4.78 is 13.7. The second kappa shape index (κ2) is 5.98. The summed E-state index contributed by atoms with van der Waals surface area (Å²) in [6, 6.07) is 10.6. The van der Waals surface area contributed by atoms with E-state index in [4.69, 9.17) is 29.6 Å². The van der Waals surface area contributed by atoms with Gasteiger partial charge >= 0.3 is 0 Å². The molecule has 20 heavy (non-hydrogen) atoms. The first-order chi connectivity index (χ1) is 9.49. The predicted molar refractivity (Wildman–Crippen MR) is 81.7 cm³/mol. The van der Waals surface area contributed by atoms with Crippen LogP contribution in [0.2, 0.25) is 5.02 Å². The highest BCUT2D eigenvalue weighted by Gasteiger charge is 2.14. The molecule has 0 heterocycles. The lowest BCUT2D eigenvalue weighted by molar-refractivity contribution is 0.102. The van der Waals surface area contributed by atoms with Crippen molar-refractivity contribution in [1.29, 1.82) is 0 Å². The Bertz CT molecular complexity index is 691. The molecular weight excluding hydrogens is 299 g/mol. The lowest BCUT2D eigenvalue weighted by atomic mass is 10.1. The van der Waals surface area contributed by atoms with Gasteiger partial charge in [0.1, 0.15) is 10.8 Å². The highest BCUT2D eigenvalue weighted by molar-refractivity contribution is 7.80. The quantitative estimate of drug-likeness (QED) is 0.855. The van der Waals surface area contributed by atoms with Crippen molar-refractivity contribution < 1.29 is 9.18 Å². The van der Waals surface area contributed by atoms with E-state index >= 15 is 0 Å². The molecule has 2 aromatic rings. The van der Waals surface area contributed by atoms with Crippen molar-refractivity contribution in [3.8, 4) is 0 Å². The van der Waals surface area contributed by atoms with Crippen LogP contribution in [-0.4, -0.2) is 10.9 Å². The minimum Gasteiger partial charge on any atom is -0.389 e. The van der Waals surface area contributed by atoms with Crippen LogP contribution in [0.15, 0.2) is 42.5 Å². The molecule has 3 N–H and O–H groups in total. The van der Waals surface area contributed by atoms with Gasteiger partial charge in [-0.2, -0.15) is 0 Å². The minimum atomic E-state index is -0.692. The summed E-state index contributed by atoms with van der Waals surface area (Å²) in [5, 5.41) is 2.80. The third-order valence-corrected chi connectivity index (χ3v) is 3.07. The van der Waals surface area contributed by atoms with E-state index < -0.39 is 11.7 Å². The monoisotopic (exact) mass is 308 g/mol. The number of hydrogen-bond donors (Lipinski definition) is 2. The first-order valence-corrected chi connectivity index (χ1v) is 6.43. The van der Waals surface area contributed by atoms with Crippen LogP contribution in [0.3, 0.4) is 0 Å². The van der Waals surface area contributed by atoms with Crippen LogP contribution in [-0.2, 0) is 0 Å². The van der Waals surface area contributed by atoms with Gasteiger partial charge in [-0.3, -0.25) is 4.79 Å². The molecule has 2 aromatic carbocycles. The van der Waals surface area contributed by atoms with Crippen molar-refractivity contribution in [2.45, 2.75) is 0 Å². The molecule has 0 aliphatic rings. The van der Waals surface area contributed by atoms with Crippen molar-refractivity contribution in [3.05, 3.63) is 64.4 Å². The molecule has 6 heteroatoms. The van der Waals surface area contributed by atoms with E-state index in [-0.39, 0.29) is 15.6 Å². The normalized spacial score (nSPS) is 10.1. The zero-order valence-corrected chi connectivity index (χ0v) is 11.8. The number of carbonyl (C=O) groups is 1. The fourth-order valence-corrected chi connectivity index (χ4v) is 2.01. The van der Waals surface area contributed by atoms with Gasteiger partial charge in [-0.15, -0.1) is 0 Å². The van der Waals surface area contributed by atoms with Gasteiger partial charge in [0.05, 0.1) is 11.3 Å². The van der Waals surface area contributed by atoms with E-state index in [0.717, 1.165) is 6.07 Å². The number of nitrogens with one attached hydrogen (secondary N) is 1. The van der Waals surface area contributed by atoms with Crippen LogP contribution in [0.5, 0.6) is 0 Å². The molecule has 0 aromatic heterocycles. The molecular formula is C14H10ClFN2OS. The average molecular weight is 309 g/mol. The standard InChI is InChI=1S/C14H10ClFN2OS/c15-8-5-6-9(11(16)7-8)14(19)18-12-4-2-1-3-10(12)13(17)20/h1-7H,(H2,17,20)(H,18,19). The number of nitrogens with two attached hydrogens (primary N) is 1. The summed E-state index contributed by atoms with van der Waals surface area (Å²) in [6.45, 7) is 0. The predicted octanol–water partition coefficient (Wildman–Crippen LogP) is 3.37. The molecule has 0 radical (unpaired) electrons. The zero-order valence-electron chi connectivity index (χ0n) is 10.2. The Hall–Kier alpha value is -1.98. The molecule has 0 saturated heterocycles.